The maximum Gasteiger partial charge on any atom is 0.352 e. The van der Waals surface area contributed by atoms with Gasteiger partial charge in [-0.1, -0.05) is 11.6 Å². The quantitative estimate of drug-likeness (QED) is 0.738. The summed E-state index contributed by atoms with van der Waals surface area (Å²) in [6, 6.07) is 4.40. The van der Waals surface area contributed by atoms with E-state index in [0.717, 1.165) is 6.26 Å². The lowest BCUT2D eigenvalue weighted by molar-refractivity contribution is -0.134. The molecule has 0 amide bonds. The number of carbonyl (C=O) groups is 2. The summed E-state index contributed by atoms with van der Waals surface area (Å²) in [5.41, 5.74) is -1.17. The summed E-state index contributed by atoms with van der Waals surface area (Å²) < 4.78 is 5.18. The molecule has 7 nitrogen and oxygen atoms in total. The highest BCUT2D eigenvalue weighted by Crippen LogP contribution is 2.19. The summed E-state index contributed by atoms with van der Waals surface area (Å²) in [4.78, 5) is 33.6. The van der Waals surface area contributed by atoms with E-state index in [2.05, 4.69) is 5.32 Å². The van der Waals surface area contributed by atoms with Gasteiger partial charge in [-0.3, -0.25) is 4.79 Å². The fourth-order valence-corrected chi connectivity index (χ4v) is 1.78. The molecule has 0 aliphatic carbocycles. The highest BCUT2D eigenvalue weighted by atomic mass is 35.5. The molecule has 8 heteroatoms. The first-order valence-corrected chi connectivity index (χ1v) is 5.92. The van der Waals surface area contributed by atoms with Crippen molar-refractivity contribution in [3.63, 3.8) is 0 Å². The highest BCUT2D eigenvalue weighted by molar-refractivity contribution is 6.31. The molecule has 2 rings (SSSR count). The van der Waals surface area contributed by atoms with Crippen LogP contribution in [0.4, 0.5) is 5.69 Å². The minimum absolute atomic E-state index is 0.146. The minimum Gasteiger partial charge on any atom is -0.478 e. The van der Waals surface area contributed by atoms with Gasteiger partial charge in [-0.25, -0.2) is 9.59 Å². The van der Waals surface area contributed by atoms with E-state index in [1.54, 1.807) is 0 Å². The molecule has 0 atom stereocenters. The first-order valence-electron chi connectivity index (χ1n) is 5.54. The SMILES string of the molecule is O=C(O)/C=C(\Nc1coc2ccc(Cl)cc2c1=O)C(=O)O. The van der Waals surface area contributed by atoms with Crippen LogP contribution < -0.4 is 10.7 Å². The van der Waals surface area contributed by atoms with Crippen LogP contribution in [0.3, 0.4) is 0 Å². The van der Waals surface area contributed by atoms with Crippen molar-refractivity contribution in [2.45, 2.75) is 0 Å². The van der Waals surface area contributed by atoms with Gasteiger partial charge in [-0.2, -0.15) is 0 Å². The standard InChI is InChI=1S/C13H8ClNO6/c14-6-1-2-10-7(3-6)12(18)9(5-21-10)15-8(13(19)20)4-11(16)17/h1-5,15H,(H,16,17)(H,19,20)/b8-4-. The Bertz CT molecular complexity index is 823. The molecule has 0 bridgehead atoms. The zero-order valence-corrected chi connectivity index (χ0v) is 11.0. The number of carboxylic acids is 2. The van der Waals surface area contributed by atoms with Crippen LogP contribution in [0.15, 0.2) is 45.4 Å². The summed E-state index contributed by atoms with van der Waals surface area (Å²) in [6.45, 7) is 0. The molecule has 0 aliphatic heterocycles. The minimum atomic E-state index is -1.53. The first kappa shape index (κ1) is 14.6. The zero-order chi connectivity index (χ0) is 15.6. The lowest BCUT2D eigenvalue weighted by Gasteiger charge is -2.06. The van der Waals surface area contributed by atoms with Crippen molar-refractivity contribution in [3.8, 4) is 0 Å². The number of anilines is 1. The van der Waals surface area contributed by atoms with Crippen LogP contribution in [0, 0.1) is 0 Å². The highest BCUT2D eigenvalue weighted by Gasteiger charge is 2.14. The summed E-state index contributed by atoms with van der Waals surface area (Å²) >= 11 is 5.78. The van der Waals surface area contributed by atoms with Crippen LogP contribution >= 0.6 is 11.6 Å². The van der Waals surface area contributed by atoms with E-state index in [-0.39, 0.29) is 16.7 Å². The van der Waals surface area contributed by atoms with E-state index in [9.17, 15) is 14.4 Å². The second kappa shape index (κ2) is 5.68. The van der Waals surface area contributed by atoms with E-state index >= 15 is 0 Å². The second-order valence-electron chi connectivity index (χ2n) is 3.95. The van der Waals surface area contributed by atoms with E-state index in [0.29, 0.717) is 11.1 Å². The van der Waals surface area contributed by atoms with E-state index < -0.39 is 23.1 Å². The molecule has 0 unspecified atom stereocenters. The number of rotatable bonds is 4. The van der Waals surface area contributed by atoms with Gasteiger partial charge in [0.05, 0.1) is 11.5 Å². The van der Waals surface area contributed by atoms with Crippen molar-refractivity contribution >= 4 is 40.2 Å². The van der Waals surface area contributed by atoms with Crippen LogP contribution in [-0.4, -0.2) is 22.2 Å². The van der Waals surface area contributed by atoms with Gasteiger partial charge >= 0.3 is 11.9 Å². The Hall–Kier alpha value is -2.80. The number of benzene rings is 1. The third-order valence-electron chi connectivity index (χ3n) is 2.50. The number of nitrogens with one attached hydrogen (secondary N) is 1. The third-order valence-corrected chi connectivity index (χ3v) is 2.74. The third kappa shape index (κ3) is 3.21. The summed E-state index contributed by atoms with van der Waals surface area (Å²) in [5, 5.41) is 20.2. The molecular weight excluding hydrogens is 302 g/mol. The molecular formula is C13H8ClNO6. The number of fused-ring (bicyclic) bond motifs is 1. The van der Waals surface area contributed by atoms with E-state index in [1.807, 2.05) is 0 Å². The number of hydrogen-bond acceptors (Lipinski definition) is 5. The molecule has 3 N–H and O–H groups in total. The number of aliphatic carboxylic acids is 2. The first-order chi connectivity index (χ1) is 9.88. The van der Waals surface area contributed by atoms with Crippen molar-refractivity contribution in [3.05, 3.63) is 51.5 Å². The molecule has 0 saturated carbocycles. The lowest BCUT2D eigenvalue weighted by atomic mass is 10.2. The van der Waals surface area contributed by atoms with Gasteiger partial charge in [-0.05, 0) is 18.2 Å². The van der Waals surface area contributed by atoms with Gasteiger partial charge in [0.2, 0.25) is 5.43 Å². The lowest BCUT2D eigenvalue weighted by Crippen LogP contribution is -2.17. The van der Waals surface area contributed by atoms with Crippen molar-refractivity contribution in [1.29, 1.82) is 0 Å². The predicted octanol–water partition coefficient (Wildman–Crippen LogP) is 1.91. The van der Waals surface area contributed by atoms with E-state index in [4.69, 9.17) is 26.2 Å². The van der Waals surface area contributed by atoms with E-state index in [1.165, 1.54) is 18.2 Å². The molecule has 1 aromatic heterocycles. The van der Waals surface area contributed by atoms with Crippen molar-refractivity contribution < 1.29 is 24.2 Å². The molecule has 0 fully saturated rings. The maximum absolute atomic E-state index is 12.2. The normalized spacial score (nSPS) is 11.4. The van der Waals surface area contributed by atoms with Gasteiger partial charge in [0.15, 0.2) is 0 Å². The second-order valence-corrected chi connectivity index (χ2v) is 4.38. The van der Waals surface area contributed by atoms with Gasteiger partial charge in [0.1, 0.15) is 23.2 Å². The Labute approximate surface area is 122 Å². The average Bonchev–Trinajstić information content (AvgIpc) is 2.41. The fourth-order valence-electron chi connectivity index (χ4n) is 1.61. The Morgan fingerprint density at radius 3 is 2.62 bits per heavy atom. The van der Waals surface area contributed by atoms with Gasteiger partial charge < -0.3 is 19.9 Å². The molecule has 21 heavy (non-hydrogen) atoms. The number of hydrogen-bond donors (Lipinski definition) is 3. The van der Waals surface area contributed by atoms with Gasteiger partial charge in [0.25, 0.3) is 0 Å². The molecule has 0 spiro atoms. The van der Waals surface area contributed by atoms with Crippen LogP contribution in [0.1, 0.15) is 0 Å². The van der Waals surface area contributed by atoms with Crippen LogP contribution in [0.25, 0.3) is 11.0 Å². The largest absolute Gasteiger partial charge is 0.478 e. The molecule has 108 valence electrons. The van der Waals surface area contributed by atoms with Crippen LogP contribution in [0.5, 0.6) is 0 Å². The monoisotopic (exact) mass is 309 g/mol. The average molecular weight is 310 g/mol. The number of halogens is 1. The smallest absolute Gasteiger partial charge is 0.352 e. The molecule has 0 saturated heterocycles. The molecule has 0 aliphatic rings. The fraction of sp³-hybridized carbons (Fsp3) is 0. The van der Waals surface area contributed by atoms with Gasteiger partial charge in [-0.15, -0.1) is 0 Å². The predicted molar refractivity (Wildman–Crippen MR) is 74.5 cm³/mol. The molecule has 1 heterocycles. The Morgan fingerprint density at radius 2 is 2.00 bits per heavy atom. The Balaban J connectivity index is 2.52. The number of carboxylic acid groups (broad SMARTS) is 2. The summed E-state index contributed by atoms with van der Waals surface area (Å²) in [5.74, 6) is -2.99. The van der Waals surface area contributed by atoms with Crippen molar-refractivity contribution in [2.24, 2.45) is 0 Å². The Morgan fingerprint density at radius 1 is 1.29 bits per heavy atom. The molecule has 2 aromatic rings. The zero-order valence-electron chi connectivity index (χ0n) is 10.3. The van der Waals surface area contributed by atoms with Crippen molar-refractivity contribution in [2.75, 3.05) is 5.32 Å². The van der Waals surface area contributed by atoms with Gasteiger partial charge in [0, 0.05) is 5.02 Å². The maximum atomic E-state index is 12.2. The molecule has 0 radical (unpaired) electrons. The molecule has 1 aromatic carbocycles. The van der Waals surface area contributed by atoms with Crippen molar-refractivity contribution in [1.82, 2.24) is 0 Å². The summed E-state index contributed by atoms with van der Waals surface area (Å²) in [7, 11) is 0. The summed E-state index contributed by atoms with van der Waals surface area (Å²) in [6.07, 6.45) is 1.45. The van der Waals surface area contributed by atoms with Crippen LogP contribution in [0.2, 0.25) is 5.02 Å². The van der Waals surface area contributed by atoms with Crippen LogP contribution in [-0.2, 0) is 9.59 Å². The Kier molecular flexibility index (Phi) is 3.95. The topological polar surface area (TPSA) is 117 Å².